The Morgan fingerprint density at radius 1 is 0.969 bits per heavy atom. The smallest absolute Gasteiger partial charge is 0.342 e. The fourth-order valence-corrected chi connectivity index (χ4v) is 3.79. The summed E-state index contributed by atoms with van der Waals surface area (Å²) in [5, 5.41) is 68.7. The van der Waals surface area contributed by atoms with E-state index in [4.69, 9.17) is 14.2 Å². The average Bonchev–Trinajstić information content (AvgIpc) is 2.75. The van der Waals surface area contributed by atoms with Crippen LogP contribution in [0.15, 0.2) is 30.3 Å². The fraction of sp³-hybridized carbons (Fsp3) is 0.381. The first kappa shape index (κ1) is 22.1. The molecule has 0 spiro atoms. The molecule has 11 nitrogen and oxygen atoms in total. The van der Waals surface area contributed by atoms with E-state index in [9.17, 15) is 40.5 Å². The zero-order valence-corrected chi connectivity index (χ0v) is 16.5. The second-order valence-corrected chi connectivity index (χ2v) is 7.64. The van der Waals surface area contributed by atoms with Crippen LogP contribution in [-0.4, -0.2) is 79.0 Å². The van der Waals surface area contributed by atoms with Crippen molar-refractivity contribution in [3.8, 4) is 23.0 Å². The van der Waals surface area contributed by atoms with Crippen LogP contribution in [0.1, 0.15) is 27.6 Å². The van der Waals surface area contributed by atoms with Gasteiger partial charge in [0.25, 0.3) is 0 Å². The Balaban J connectivity index is 1.64. The van der Waals surface area contributed by atoms with E-state index in [1.165, 1.54) is 24.3 Å². The van der Waals surface area contributed by atoms with Crippen LogP contribution in [0.3, 0.4) is 0 Å². The first-order chi connectivity index (χ1) is 15.2. The number of fused-ring (bicyclic) bond motifs is 1. The maximum atomic E-state index is 12.8. The molecule has 0 bridgehead atoms. The van der Waals surface area contributed by atoms with E-state index in [1.54, 1.807) is 0 Å². The zero-order chi connectivity index (χ0) is 23.2. The molecule has 11 heteroatoms. The lowest BCUT2D eigenvalue weighted by atomic mass is 9.93. The lowest BCUT2D eigenvalue weighted by Crippen LogP contribution is -2.60. The van der Waals surface area contributed by atoms with E-state index in [2.05, 4.69) is 0 Å². The molecule has 32 heavy (non-hydrogen) atoms. The largest absolute Gasteiger partial charge is 0.508 e. The Morgan fingerprint density at radius 2 is 1.72 bits per heavy atom. The number of phenols is 3. The fourth-order valence-electron chi connectivity index (χ4n) is 3.79. The summed E-state index contributed by atoms with van der Waals surface area (Å²) in [6.45, 7) is -0.661. The molecule has 2 aromatic rings. The number of hydrogen-bond acceptors (Lipinski definition) is 11. The molecular formula is C21H22O11. The van der Waals surface area contributed by atoms with Crippen LogP contribution >= 0.6 is 0 Å². The molecule has 0 aromatic heterocycles. The van der Waals surface area contributed by atoms with E-state index in [1.807, 2.05) is 0 Å². The molecule has 2 aromatic carbocycles. The number of carbonyl (C=O) groups is 1. The highest BCUT2D eigenvalue weighted by Gasteiger charge is 2.45. The molecule has 2 heterocycles. The van der Waals surface area contributed by atoms with Crippen molar-refractivity contribution in [1.82, 2.24) is 0 Å². The molecule has 0 saturated carbocycles. The zero-order valence-electron chi connectivity index (χ0n) is 16.5. The molecule has 2 aliphatic heterocycles. The van der Waals surface area contributed by atoms with Gasteiger partial charge in [-0.05, 0) is 29.3 Å². The van der Waals surface area contributed by atoms with Gasteiger partial charge in [-0.2, -0.15) is 0 Å². The third-order valence-corrected chi connectivity index (χ3v) is 5.49. The molecule has 7 N–H and O–H groups in total. The SMILES string of the molecule is O=C1O[C@@H](c2ccc(O)c(O)c2)Cc2cc(O)cc(O[C@@H]3O[C@H](CO)[C@@H](O)[C@H](O)[C@H]3O)c21. The number of cyclic esters (lactones) is 1. The molecule has 172 valence electrons. The monoisotopic (exact) mass is 450 g/mol. The van der Waals surface area contributed by atoms with Gasteiger partial charge in [0.15, 0.2) is 11.5 Å². The van der Waals surface area contributed by atoms with Crippen LogP contribution in [0.4, 0.5) is 0 Å². The standard InChI is InChI=1S/C21H22O11/c22-7-15-17(26)18(27)19(28)21(32-15)31-14-6-10(23)3-9-5-13(30-20(29)16(9)14)8-1-2-11(24)12(25)4-8/h1-4,6,13,15,17-19,21-28H,5,7H2/t13-,15-,17-,18+,19-,21-/m1/s1. The van der Waals surface area contributed by atoms with Crippen molar-refractivity contribution in [1.29, 1.82) is 0 Å². The van der Waals surface area contributed by atoms with E-state index >= 15 is 0 Å². The third-order valence-electron chi connectivity index (χ3n) is 5.49. The highest BCUT2D eigenvalue weighted by molar-refractivity contribution is 5.95. The number of hydrogen-bond donors (Lipinski definition) is 7. The van der Waals surface area contributed by atoms with Gasteiger partial charge in [0.2, 0.25) is 6.29 Å². The minimum absolute atomic E-state index is 0.0426. The van der Waals surface area contributed by atoms with Crippen LogP contribution in [0.5, 0.6) is 23.0 Å². The van der Waals surface area contributed by atoms with Crippen LogP contribution in [-0.2, 0) is 15.9 Å². The van der Waals surface area contributed by atoms with Gasteiger partial charge in [-0.15, -0.1) is 0 Å². The van der Waals surface area contributed by atoms with E-state index < -0.39 is 49.4 Å². The maximum absolute atomic E-state index is 12.8. The first-order valence-corrected chi connectivity index (χ1v) is 9.75. The number of esters is 1. The highest BCUT2D eigenvalue weighted by atomic mass is 16.7. The van der Waals surface area contributed by atoms with Gasteiger partial charge >= 0.3 is 5.97 Å². The number of aliphatic hydroxyl groups excluding tert-OH is 4. The number of aliphatic hydroxyl groups is 4. The van der Waals surface area contributed by atoms with Crippen molar-refractivity contribution in [3.05, 3.63) is 47.0 Å². The minimum atomic E-state index is -1.71. The molecule has 4 rings (SSSR count). The summed E-state index contributed by atoms with van der Waals surface area (Å²) in [7, 11) is 0. The van der Waals surface area contributed by atoms with Crippen LogP contribution in [0.25, 0.3) is 0 Å². The predicted molar refractivity (Wildman–Crippen MR) is 104 cm³/mol. The second kappa shape index (κ2) is 8.45. The number of rotatable bonds is 4. The van der Waals surface area contributed by atoms with E-state index in [0.717, 1.165) is 6.07 Å². The minimum Gasteiger partial charge on any atom is -0.508 e. The summed E-state index contributed by atoms with van der Waals surface area (Å²) >= 11 is 0. The molecule has 1 saturated heterocycles. The lowest BCUT2D eigenvalue weighted by Gasteiger charge is -2.40. The molecule has 0 aliphatic carbocycles. The van der Waals surface area contributed by atoms with Gasteiger partial charge in [-0.25, -0.2) is 4.79 Å². The number of phenolic OH excluding ortho intramolecular Hbond substituents is 3. The Morgan fingerprint density at radius 3 is 2.41 bits per heavy atom. The van der Waals surface area contributed by atoms with Gasteiger partial charge < -0.3 is 50.0 Å². The molecule has 6 atom stereocenters. The topological polar surface area (TPSA) is 186 Å². The molecule has 0 radical (unpaired) electrons. The van der Waals surface area contributed by atoms with Crippen LogP contribution < -0.4 is 4.74 Å². The molecule has 2 aliphatic rings. The quantitative estimate of drug-likeness (QED) is 0.234. The van der Waals surface area contributed by atoms with Gasteiger partial charge in [-0.1, -0.05) is 6.07 Å². The number of ether oxygens (including phenoxy) is 3. The molecule has 1 fully saturated rings. The number of carbonyl (C=O) groups excluding carboxylic acids is 1. The molecule has 0 unspecified atom stereocenters. The van der Waals surface area contributed by atoms with E-state index in [-0.39, 0.29) is 35.0 Å². The third kappa shape index (κ3) is 3.92. The second-order valence-electron chi connectivity index (χ2n) is 7.64. The van der Waals surface area contributed by atoms with Gasteiger partial charge in [0.05, 0.1) is 6.61 Å². The highest BCUT2D eigenvalue weighted by Crippen LogP contribution is 2.40. The summed E-state index contributed by atoms with van der Waals surface area (Å²) in [6, 6.07) is 6.43. The van der Waals surface area contributed by atoms with Crippen molar-refractivity contribution >= 4 is 5.97 Å². The number of benzene rings is 2. The maximum Gasteiger partial charge on any atom is 0.342 e. The van der Waals surface area contributed by atoms with Gasteiger partial charge in [0.1, 0.15) is 47.6 Å². The predicted octanol–water partition coefficient (Wildman–Crippen LogP) is -0.564. The van der Waals surface area contributed by atoms with Crippen LogP contribution in [0, 0.1) is 0 Å². The first-order valence-electron chi connectivity index (χ1n) is 9.75. The van der Waals surface area contributed by atoms with Crippen molar-refractivity contribution in [3.63, 3.8) is 0 Å². The van der Waals surface area contributed by atoms with E-state index in [0.29, 0.717) is 11.1 Å². The Hall–Kier alpha value is -3.09. The van der Waals surface area contributed by atoms with Crippen molar-refractivity contribution in [2.24, 2.45) is 0 Å². The Labute approximate surface area is 181 Å². The van der Waals surface area contributed by atoms with Crippen molar-refractivity contribution in [2.45, 2.75) is 43.2 Å². The normalized spacial score (nSPS) is 29.8. The average molecular weight is 450 g/mol. The van der Waals surface area contributed by atoms with Gasteiger partial charge in [-0.3, -0.25) is 0 Å². The number of aromatic hydroxyl groups is 3. The summed E-state index contributed by atoms with van der Waals surface area (Å²) in [5.41, 5.74) is 0.719. The Bertz CT molecular complexity index is 1020. The summed E-state index contributed by atoms with van der Waals surface area (Å²) < 4.78 is 16.3. The molecule has 0 amide bonds. The molecular weight excluding hydrogens is 428 g/mol. The lowest BCUT2D eigenvalue weighted by molar-refractivity contribution is -0.277. The van der Waals surface area contributed by atoms with Crippen molar-refractivity contribution < 1.29 is 54.8 Å². The summed E-state index contributed by atoms with van der Waals surface area (Å²) in [5.74, 6) is -1.98. The van der Waals surface area contributed by atoms with Crippen molar-refractivity contribution in [2.75, 3.05) is 6.61 Å². The summed E-state index contributed by atoms with van der Waals surface area (Å²) in [6.07, 6.45) is -8.47. The Kier molecular flexibility index (Phi) is 5.84. The van der Waals surface area contributed by atoms with Crippen LogP contribution in [0.2, 0.25) is 0 Å². The van der Waals surface area contributed by atoms with Gasteiger partial charge in [0, 0.05) is 12.5 Å². The summed E-state index contributed by atoms with van der Waals surface area (Å²) in [4.78, 5) is 12.8.